The van der Waals surface area contributed by atoms with Crippen molar-refractivity contribution in [3.63, 3.8) is 0 Å². The lowest BCUT2D eigenvalue weighted by molar-refractivity contribution is -0.139. The minimum absolute atomic E-state index is 0.0696. The van der Waals surface area contributed by atoms with Gasteiger partial charge in [-0.3, -0.25) is 9.89 Å². The van der Waals surface area contributed by atoms with Crippen LogP contribution in [-0.2, 0) is 4.79 Å². The van der Waals surface area contributed by atoms with E-state index in [0.717, 1.165) is 0 Å². The first kappa shape index (κ1) is 19.9. The second kappa shape index (κ2) is 8.89. The molecule has 3 aromatic rings. The van der Waals surface area contributed by atoms with Gasteiger partial charge in [-0.2, -0.15) is 5.10 Å². The fraction of sp³-hybridized carbons (Fsp3) is 0.0526. The minimum atomic E-state index is -1.10. The van der Waals surface area contributed by atoms with Crippen LogP contribution in [0.1, 0.15) is 15.9 Å². The van der Waals surface area contributed by atoms with Crippen LogP contribution in [-0.4, -0.2) is 40.0 Å². The molecule has 9 nitrogen and oxygen atoms in total. The first-order valence-electron chi connectivity index (χ1n) is 8.32. The molecule has 29 heavy (non-hydrogen) atoms. The quantitative estimate of drug-likeness (QED) is 0.418. The molecule has 10 heteroatoms. The Morgan fingerprint density at radius 2 is 1.97 bits per heavy atom. The lowest BCUT2D eigenvalue weighted by Crippen LogP contribution is -2.12. The average molecular weight is 414 g/mol. The van der Waals surface area contributed by atoms with Crippen molar-refractivity contribution < 1.29 is 19.4 Å². The van der Waals surface area contributed by atoms with Crippen LogP contribution in [0.25, 0.3) is 0 Å². The van der Waals surface area contributed by atoms with Crippen molar-refractivity contribution in [2.24, 2.45) is 10.7 Å². The lowest BCUT2D eigenvalue weighted by Gasteiger charge is -2.06. The maximum atomic E-state index is 11.9. The standard InChI is InChI=1S/C19H16ClN5O4/c20-12-5-7-13(8-6-12)23-19-16(17(21)28)18(24-25-19)22-9-11-3-1-2-4-14(11)29-10-15(26)27/h1-9H,10H2,(H2,21,28)(H,26,27)(H2,23,24,25)/b22-9+. The van der Waals surface area contributed by atoms with Crippen molar-refractivity contribution in [3.8, 4) is 5.75 Å². The molecule has 148 valence electrons. The maximum Gasteiger partial charge on any atom is 0.341 e. The van der Waals surface area contributed by atoms with Crippen LogP contribution in [0.4, 0.5) is 17.3 Å². The van der Waals surface area contributed by atoms with Crippen molar-refractivity contribution in [1.82, 2.24) is 10.2 Å². The summed E-state index contributed by atoms with van der Waals surface area (Å²) in [5, 5.41) is 19.0. The zero-order chi connectivity index (χ0) is 20.8. The van der Waals surface area contributed by atoms with E-state index in [1.165, 1.54) is 6.21 Å². The number of aromatic nitrogens is 2. The van der Waals surface area contributed by atoms with E-state index in [9.17, 15) is 9.59 Å². The van der Waals surface area contributed by atoms with Gasteiger partial charge in [0.1, 0.15) is 11.3 Å². The zero-order valence-corrected chi connectivity index (χ0v) is 15.7. The molecule has 0 bridgehead atoms. The number of para-hydroxylation sites is 1. The SMILES string of the molecule is NC(=O)c1c(Nc2ccc(Cl)cc2)n[nH]c1/N=C/c1ccccc1OCC(=O)O. The predicted molar refractivity (Wildman–Crippen MR) is 109 cm³/mol. The molecule has 0 aliphatic rings. The van der Waals surface area contributed by atoms with Gasteiger partial charge in [0.15, 0.2) is 18.2 Å². The summed E-state index contributed by atoms with van der Waals surface area (Å²) in [6.07, 6.45) is 1.42. The van der Waals surface area contributed by atoms with Gasteiger partial charge in [0.2, 0.25) is 0 Å². The fourth-order valence-electron chi connectivity index (χ4n) is 2.41. The molecule has 2 aromatic carbocycles. The molecule has 1 amide bonds. The summed E-state index contributed by atoms with van der Waals surface area (Å²) >= 11 is 5.87. The van der Waals surface area contributed by atoms with Crippen molar-refractivity contribution in [1.29, 1.82) is 0 Å². The number of primary amides is 1. The second-order valence-electron chi connectivity index (χ2n) is 5.77. The number of H-pyrrole nitrogens is 1. The molecular weight excluding hydrogens is 398 g/mol. The first-order chi connectivity index (χ1) is 13.9. The van der Waals surface area contributed by atoms with Gasteiger partial charge in [0.05, 0.1) is 0 Å². The van der Waals surface area contributed by atoms with Gasteiger partial charge in [0.25, 0.3) is 5.91 Å². The van der Waals surface area contributed by atoms with Gasteiger partial charge in [-0.15, -0.1) is 0 Å². The number of nitrogens with zero attached hydrogens (tertiary/aromatic N) is 2. The number of ether oxygens (including phenoxy) is 1. The topological polar surface area (TPSA) is 143 Å². The molecule has 0 saturated heterocycles. The molecule has 0 saturated carbocycles. The number of aliphatic carboxylic acids is 1. The van der Waals surface area contributed by atoms with Crippen molar-refractivity contribution in [2.75, 3.05) is 11.9 Å². The summed E-state index contributed by atoms with van der Waals surface area (Å²) in [6, 6.07) is 13.6. The van der Waals surface area contributed by atoms with E-state index in [1.807, 2.05) is 0 Å². The molecule has 0 spiro atoms. The summed E-state index contributed by atoms with van der Waals surface area (Å²) in [5.41, 5.74) is 6.74. The van der Waals surface area contributed by atoms with E-state index in [0.29, 0.717) is 22.0 Å². The van der Waals surface area contributed by atoms with Crippen LogP contribution in [0.2, 0.25) is 5.02 Å². The molecule has 5 N–H and O–H groups in total. The van der Waals surface area contributed by atoms with E-state index < -0.39 is 18.5 Å². The smallest absolute Gasteiger partial charge is 0.341 e. The number of hydrogen-bond donors (Lipinski definition) is 4. The summed E-state index contributed by atoms with van der Waals surface area (Å²) in [7, 11) is 0. The summed E-state index contributed by atoms with van der Waals surface area (Å²) in [5.74, 6) is -1.14. The number of amides is 1. The molecule has 1 heterocycles. The maximum absolute atomic E-state index is 11.9. The van der Waals surface area contributed by atoms with Gasteiger partial charge < -0.3 is 20.9 Å². The Hall–Kier alpha value is -3.85. The Labute approximate surface area is 170 Å². The number of aliphatic imine (C=N–C) groups is 1. The highest BCUT2D eigenvalue weighted by Gasteiger charge is 2.18. The minimum Gasteiger partial charge on any atom is -0.481 e. The number of hydrogen-bond acceptors (Lipinski definition) is 6. The molecule has 0 atom stereocenters. The van der Waals surface area contributed by atoms with E-state index >= 15 is 0 Å². The first-order valence-corrected chi connectivity index (χ1v) is 8.70. The van der Waals surface area contributed by atoms with Gasteiger partial charge in [-0.25, -0.2) is 9.79 Å². The Morgan fingerprint density at radius 1 is 1.24 bits per heavy atom. The number of carbonyl (C=O) groups excluding carboxylic acids is 1. The molecule has 0 aliphatic carbocycles. The number of carboxylic acids is 1. The largest absolute Gasteiger partial charge is 0.481 e. The van der Waals surface area contributed by atoms with Crippen LogP contribution in [0, 0.1) is 0 Å². The Balaban J connectivity index is 1.86. The number of aromatic amines is 1. The third kappa shape index (κ3) is 5.11. The van der Waals surface area contributed by atoms with E-state index in [4.69, 9.17) is 27.2 Å². The van der Waals surface area contributed by atoms with Crippen molar-refractivity contribution in [2.45, 2.75) is 0 Å². The highest BCUT2D eigenvalue weighted by atomic mass is 35.5. The molecule has 0 fully saturated rings. The fourth-order valence-corrected chi connectivity index (χ4v) is 2.54. The van der Waals surface area contributed by atoms with Crippen LogP contribution in [0.15, 0.2) is 53.5 Å². The van der Waals surface area contributed by atoms with Crippen LogP contribution < -0.4 is 15.8 Å². The van der Waals surface area contributed by atoms with Crippen LogP contribution >= 0.6 is 11.6 Å². The van der Waals surface area contributed by atoms with Gasteiger partial charge in [-0.1, -0.05) is 23.7 Å². The average Bonchev–Trinajstić information content (AvgIpc) is 3.09. The Kier molecular flexibility index (Phi) is 6.10. The number of halogens is 1. The third-order valence-corrected chi connectivity index (χ3v) is 3.96. The highest BCUT2D eigenvalue weighted by molar-refractivity contribution is 6.30. The van der Waals surface area contributed by atoms with Gasteiger partial charge in [0, 0.05) is 22.5 Å². The molecule has 1 aromatic heterocycles. The number of benzene rings is 2. The van der Waals surface area contributed by atoms with Gasteiger partial charge >= 0.3 is 5.97 Å². The number of carboxylic acid groups (broad SMARTS) is 1. The summed E-state index contributed by atoms with van der Waals surface area (Å²) in [4.78, 5) is 26.9. The van der Waals surface area contributed by atoms with Crippen LogP contribution in [0.3, 0.4) is 0 Å². The zero-order valence-electron chi connectivity index (χ0n) is 14.9. The third-order valence-electron chi connectivity index (χ3n) is 3.70. The molecular formula is C19H16ClN5O4. The van der Waals surface area contributed by atoms with E-state index in [-0.39, 0.29) is 17.2 Å². The number of rotatable bonds is 8. The van der Waals surface area contributed by atoms with E-state index in [1.54, 1.807) is 48.5 Å². The normalized spacial score (nSPS) is 10.8. The van der Waals surface area contributed by atoms with Gasteiger partial charge in [-0.05, 0) is 36.4 Å². The number of carbonyl (C=O) groups is 2. The lowest BCUT2D eigenvalue weighted by atomic mass is 10.2. The number of nitrogens with two attached hydrogens (primary N) is 1. The molecule has 3 rings (SSSR count). The molecule has 0 unspecified atom stereocenters. The monoisotopic (exact) mass is 413 g/mol. The van der Waals surface area contributed by atoms with Crippen molar-refractivity contribution in [3.05, 3.63) is 64.7 Å². The number of nitrogens with one attached hydrogen (secondary N) is 2. The summed E-state index contributed by atoms with van der Waals surface area (Å²) in [6.45, 7) is -0.489. The Bertz CT molecular complexity index is 1060. The predicted octanol–water partition coefficient (Wildman–Crippen LogP) is 3.12. The summed E-state index contributed by atoms with van der Waals surface area (Å²) < 4.78 is 5.23. The number of anilines is 2. The second-order valence-corrected chi connectivity index (χ2v) is 6.21. The van der Waals surface area contributed by atoms with Crippen molar-refractivity contribution >= 4 is 47.0 Å². The molecule has 0 radical (unpaired) electrons. The Morgan fingerprint density at radius 3 is 2.66 bits per heavy atom. The van der Waals surface area contributed by atoms with Crippen LogP contribution in [0.5, 0.6) is 5.75 Å². The molecule has 0 aliphatic heterocycles. The van der Waals surface area contributed by atoms with E-state index in [2.05, 4.69) is 20.5 Å². The highest BCUT2D eigenvalue weighted by Crippen LogP contribution is 2.27.